The number of esters is 4. The van der Waals surface area contributed by atoms with Gasteiger partial charge in [0.05, 0.1) is 26.4 Å². The van der Waals surface area contributed by atoms with Crippen molar-refractivity contribution < 1.29 is 80.2 Å². The molecule has 0 heterocycles. The monoisotopic (exact) mass is 1310 g/mol. The van der Waals surface area contributed by atoms with E-state index in [1.165, 1.54) is 180 Å². The molecule has 0 amide bonds. The first kappa shape index (κ1) is 87.1. The molecule has 0 aliphatic heterocycles. The normalized spacial score (nSPS) is 14.1. The van der Waals surface area contributed by atoms with Crippen molar-refractivity contribution in [3.05, 3.63) is 0 Å². The van der Waals surface area contributed by atoms with Gasteiger partial charge in [0.1, 0.15) is 19.3 Å². The van der Waals surface area contributed by atoms with Crippen molar-refractivity contribution in [1.82, 2.24) is 0 Å². The van der Waals surface area contributed by atoms with Crippen LogP contribution in [0.4, 0.5) is 0 Å². The minimum absolute atomic E-state index is 0.102. The SMILES string of the molecule is CCCCCCCCCCCCCCCCCCCCCCC(=O)O[C@H](COC(=O)CCCCCCCCCCCCCCCCC)COP(=O)(O)OC[C@@H](O)COP(=O)(O)OC[C@@H](COC(=O)CCCCCCC)OC(=O)CCCCCCCCC(C)C. The van der Waals surface area contributed by atoms with Gasteiger partial charge in [-0.25, -0.2) is 9.13 Å². The summed E-state index contributed by atoms with van der Waals surface area (Å²) in [7, 11) is -9.89. The van der Waals surface area contributed by atoms with Gasteiger partial charge in [0.25, 0.3) is 0 Å². The topological polar surface area (TPSA) is 237 Å². The number of carbonyl (C=O) groups is 4. The Balaban J connectivity index is 5.12. The number of phosphoric acid groups is 2. The number of unbranched alkanes of at least 4 members (excludes halogenated alkanes) is 42. The van der Waals surface area contributed by atoms with Gasteiger partial charge >= 0.3 is 39.5 Å². The van der Waals surface area contributed by atoms with Crippen molar-refractivity contribution in [3.8, 4) is 0 Å². The summed E-state index contributed by atoms with van der Waals surface area (Å²) in [5.74, 6) is -1.47. The van der Waals surface area contributed by atoms with Gasteiger partial charge in [-0.3, -0.25) is 37.3 Å². The minimum atomic E-state index is -4.95. The molecule has 0 fully saturated rings. The lowest BCUT2D eigenvalue weighted by Crippen LogP contribution is -2.30. The van der Waals surface area contributed by atoms with E-state index in [4.69, 9.17) is 37.0 Å². The van der Waals surface area contributed by atoms with E-state index in [2.05, 4.69) is 34.6 Å². The molecule has 0 saturated carbocycles. The third-order valence-corrected chi connectivity index (χ3v) is 18.2. The molecule has 89 heavy (non-hydrogen) atoms. The number of hydrogen-bond acceptors (Lipinski definition) is 15. The molecule has 2 unspecified atom stereocenters. The molecule has 0 rings (SSSR count). The Morgan fingerprint density at radius 3 is 0.764 bits per heavy atom. The van der Waals surface area contributed by atoms with E-state index in [1.54, 1.807) is 0 Å². The average Bonchev–Trinajstić information content (AvgIpc) is 3.64. The van der Waals surface area contributed by atoms with Crippen molar-refractivity contribution in [3.63, 3.8) is 0 Å². The summed E-state index contributed by atoms with van der Waals surface area (Å²) in [6, 6.07) is 0. The molecule has 5 atom stereocenters. The van der Waals surface area contributed by atoms with Gasteiger partial charge in [0, 0.05) is 25.7 Å². The van der Waals surface area contributed by atoms with E-state index >= 15 is 0 Å². The Morgan fingerprint density at radius 2 is 0.517 bits per heavy atom. The summed E-state index contributed by atoms with van der Waals surface area (Å²) in [5.41, 5.74) is 0. The Morgan fingerprint density at radius 1 is 0.303 bits per heavy atom. The van der Waals surface area contributed by atoms with E-state index in [-0.39, 0.29) is 25.7 Å². The van der Waals surface area contributed by atoms with Crippen LogP contribution in [0.3, 0.4) is 0 Å². The van der Waals surface area contributed by atoms with Gasteiger partial charge in [-0.1, -0.05) is 311 Å². The van der Waals surface area contributed by atoms with Gasteiger partial charge in [0.2, 0.25) is 0 Å². The van der Waals surface area contributed by atoms with Crippen molar-refractivity contribution in [2.45, 2.75) is 380 Å². The van der Waals surface area contributed by atoms with E-state index < -0.39 is 97.5 Å². The van der Waals surface area contributed by atoms with Gasteiger partial charge in [-0.15, -0.1) is 0 Å². The van der Waals surface area contributed by atoms with Crippen LogP contribution in [-0.2, 0) is 65.4 Å². The van der Waals surface area contributed by atoms with Crippen LogP contribution in [0.2, 0.25) is 0 Å². The zero-order valence-electron chi connectivity index (χ0n) is 57.6. The Kier molecular flexibility index (Phi) is 62.1. The molecule has 19 heteroatoms. The standard InChI is InChI=1S/C70H136O17P2/c1-6-9-12-15-17-19-21-23-25-26-27-28-29-31-33-35-37-39-45-50-55-69(74)86-66(60-81-68(73)54-49-44-38-36-34-32-30-24-22-20-18-16-13-10-7-2)62-85-89(78,79)83-58-64(71)57-82-88(76,77)84-61-65(59-80-67(72)53-48-42-14-11-8-3)87-70(75)56-51-46-41-40-43-47-52-63(4)5/h63-66,71H,6-62H2,1-5H3,(H,76,77)(H,78,79)/t64-,65+,66+/m0/s1. The number of aliphatic hydroxyl groups excluding tert-OH is 1. The maximum atomic E-state index is 13.0. The number of rotatable bonds is 70. The molecule has 0 saturated heterocycles. The fourth-order valence-corrected chi connectivity index (χ4v) is 12.2. The van der Waals surface area contributed by atoms with Crippen LogP contribution in [0.25, 0.3) is 0 Å². The quantitative estimate of drug-likeness (QED) is 0.0222. The molecule has 0 aromatic heterocycles. The van der Waals surface area contributed by atoms with Crippen LogP contribution in [0, 0.1) is 5.92 Å². The van der Waals surface area contributed by atoms with Gasteiger partial charge in [0.15, 0.2) is 12.2 Å². The molecule has 0 aliphatic rings. The van der Waals surface area contributed by atoms with E-state index in [9.17, 15) is 43.2 Å². The number of ether oxygens (including phenoxy) is 4. The largest absolute Gasteiger partial charge is 0.472 e. The van der Waals surface area contributed by atoms with Crippen LogP contribution in [0.5, 0.6) is 0 Å². The van der Waals surface area contributed by atoms with Crippen LogP contribution in [0.1, 0.15) is 362 Å². The number of phosphoric ester groups is 2. The lowest BCUT2D eigenvalue weighted by atomic mass is 10.0. The third kappa shape index (κ3) is 64.6. The second kappa shape index (κ2) is 63.5. The Bertz CT molecular complexity index is 1720. The Labute approximate surface area is 543 Å². The highest BCUT2D eigenvalue weighted by Gasteiger charge is 2.30. The predicted molar refractivity (Wildman–Crippen MR) is 358 cm³/mol. The van der Waals surface area contributed by atoms with Gasteiger partial charge in [-0.2, -0.15) is 0 Å². The van der Waals surface area contributed by atoms with Gasteiger partial charge in [-0.05, 0) is 31.6 Å². The van der Waals surface area contributed by atoms with E-state index in [0.29, 0.717) is 31.6 Å². The lowest BCUT2D eigenvalue weighted by molar-refractivity contribution is -0.161. The zero-order valence-corrected chi connectivity index (χ0v) is 59.4. The molecule has 0 bridgehead atoms. The van der Waals surface area contributed by atoms with Crippen LogP contribution < -0.4 is 0 Å². The fraction of sp³-hybridized carbons (Fsp3) is 0.943. The van der Waals surface area contributed by atoms with E-state index in [1.807, 2.05) is 0 Å². The second-order valence-electron chi connectivity index (χ2n) is 25.7. The average molecular weight is 1310 g/mol. The molecule has 17 nitrogen and oxygen atoms in total. The summed E-state index contributed by atoms with van der Waals surface area (Å²) in [4.78, 5) is 72.2. The van der Waals surface area contributed by atoms with Crippen molar-refractivity contribution >= 4 is 39.5 Å². The summed E-state index contributed by atoms with van der Waals surface area (Å²) in [6.45, 7) is 7.06. The van der Waals surface area contributed by atoms with Crippen LogP contribution >= 0.6 is 15.6 Å². The maximum Gasteiger partial charge on any atom is 0.472 e. The third-order valence-electron chi connectivity index (χ3n) is 16.3. The van der Waals surface area contributed by atoms with Crippen LogP contribution in [-0.4, -0.2) is 96.7 Å². The number of carbonyl (C=O) groups excluding carboxylic acids is 4. The minimum Gasteiger partial charge on any atom is -0.462 e. The molecule has 0 aromatic rings. The highest BCUT2D eigenvalue weighted by atomic mass is 31.2. The highest BCUT2D eigenvalue weighted by Crippen LogP contribution is 2.45. The van der Waals surface area contributed by atoms with E-state index in [0.717, 1.165) is 96.3 Å². The maximum absolute atomic E-state index is 13.0. The smallest absolute Gasteiger partial charge is 0.462 e. The van der Waals surface area contributed by atoms with Crippen molar-refractivity contribution in [2.24, 2.45) is 5.92 Å². The first-order valence-electron chi connectivity index (χ1n) is 36.6. The first-order valence-corrected chi connectivity index (χ1v) is 39.6. The predicted octanol–water partition coefficient (Wildman–Crippen LogP) is 20.1. The van der Waals surface area contributed by atoms with Crippen molar-refractivity contribution in [1.29, 1.82) is 0 Å². The summed E-state index contributed by atoms with van der Waals surface area (Å²) >= 11 is 0. The first-order chi connectivity index (χ1) is 43.0. The summed E-state index contributed by atoms with van der Waals surface area (Å²) in [5, 5.41) is 10.5. The Hall–Kier alpha value is -1.94. The van der Waals surface area contributed by atoms with Crippen molar-refractivity contribution in [2.75, 3.05) is 39.6 Å². The lowest BCUT2D eigenvalue weighted by Gasteiger charge is -2.21. The summed E-state index contributed by atoms with van der Waals surface area (Å²) < 4.78 is 68.0. The van der Waals surface area contributed by atoms with Crippen LogP contribution in [0.15, 0.2) is 0 Å². The highest BCUT2D eigenvalue weighted by molar-refractivity contribution is 7.47. The number of aliphatic hydroxyl groups is 1. The zero-order chi connectivity index (χ0) is 65.6. The molecule has 0 spiro atoms. The molecule has 528 valence electrons. The molecule has 0 aromatic carbocycles. The molecular weight excluding hydrogens is 1170 g/mol. The second-order valence-corrected chi connectivity index (χ2v) is 28.7. The molecule has 3 N–H and O–H groups in total. The number of hydrogen-bond donors (Lipinski definition) is 3. The molecular formula is C70H136O17P2. The summed E-state index contributed by atoms with van der Waals surface area (Å²) in [6.07, 6.45) is 50.7. The molecule has 0 aliphatic carbocycles. The van der Waals surface area contributed by atoms with Gasteiger partial charge < -0.3 is 33.8 Å². The molecule has 0 radical (unpaired) electrons. The fourth-order valence-electron chi connectivity index (χ4n) is 10.6.